The summed E-state index contributed by atoms with van der Waals surface area (Å²) in [5.41, 5.74) is 4.67. The molecule has 2 N–H and O–H groups in total. The number of benzene rings is 2. The van der Waals surface area contributed by atoms with Gasteiger partial charge in [0.15, 0.2) is 0 Å². The first kappa shape index (κ1) is 17.0. The summed E-state index contributed by atoms with van der Waals surface area (Å²) in [5, 5.41) is 5.06. The molecule has 1 amide bonds. The summed E-state index contributed by atoms with van der Waals surface area (Å²) in [6, 6.07) is 13.7. The summed E-state index contributed by atoms with van der Waals surface area (Å²) >= 11 is 5.90. The van der Waals surface area contributed by atoms with Crippen molar-refractivity contribution in [2.75, 3.05) is 7.11 Å². The zero-order chi connectivity index (χ0) is 18.1. The van der Waals surface area contributed by atoms with Crippen LogP contribution in [0.15, 0.2) is 42.5 Å². The average molecular weight is 369 g/mol. The Hall–Kier alpha value is -2.46. The van der Waals surface area contributed by atoms with Crippen LogP contribution in [-0.2, 0) is 24.1 Å². The van der Waals surface area contributed by atoms with Crippen LogP contribution in [0.3, 0.4) is 0 Å². The van der Waals surface area contributed by atoms with Gasteiger partial charge in [-0.25, -0.2) is 0 Å². The lowest BCUT2D eigenvalue weighted by atomic mass is 9.91. The van der Waals surface area contributed by atoms with E-state index in [2.05, 4.69) is 22.4 Å². The molecule has 134 valence electrons. The molecule has 1 heterocycles. The van der Waals surface area contributed by atoms with Crippen LogP contribution in [0.4, 0.5) is 0 Å². The highest BCUT2D eigenvalue weighted by molar-refractivity contribution is 6.30. The van der Waals surface area contributed by atoms with Crippen molar-refractivity contribution in [3.05, 3.63) is 64.3 Å². The third-order valence-corrected chi connectivity index (χ3v) is 5.29. The van der Waals surface area contributed by atoms with Gasteiger partial charge in [0, 0.05) is 27.7 Å². The van der Waals surface area contributed by atoms with E-state index in [4.69, 9.17) is 16.3 Å². The average Bonchev–Trinajstić information content (AvgIpc) is 3.00. The Kier molecular flexibility index (Phi) is 4.60. The molecule has 1 aromatic heterocycles. The van der Waals surface area contributed by atoms with Gasteiger partial charge in [-0.1, -0.05) is 23.7 Å². The molecule has 2 aromatic carbocycles. The quantitative estimate of drug-likeness (QED) is 0.730. The first-order valence-electron chi connectivity index (χ1n) is 8.83. The number of methoxy groups -OCH3 is 1. The fourth-order valence-corrected chi connectivity index (χ4v) is 3.84. The zero-order valence-electron chi connectivity index (χ0n) is 14.6. The standard InChI is InChI=1S/C21H21ClN2O2/c1-26-16-7-9-20-18(12-16)17-11-15(6-8-19(17)24-20)23-21(25)10-13-2-4-14(22)5-3-13/h2-5,7,9,12,15,24H,6,8,10-11H2,1H3,(H,23,25). The van der Waals surface area contributed by atoms with Gasteiger partial charge in [-0.3, -0.25) is 4.79 Å². The lowest BCUT2D eigenvalue weighted by Crippen LogP contribution is -2.39. The van der Waals surface area contributed by atoms with Crippen LogP contribution in [0.5, 0.6) is 5.75 Å². The number of fused-ring (bicyclic) bond motifs is 3. The van der Waals surface area contributed by atoms with Gasteiger partial charge in [0.25, 0.3) is 0 Å². The molecule has 0 radical (unpaired) electrons. The number of hydrogen-bond acceptors (Lipinski definition) is 2. The van der Waals surface area contributed by atoms with E-state index in [1.165, 1.54) is 16.6 Å². The van der Waals surface area contributed by atoms with Gasteiger partial charge in [0.2, 0.25) is 5.91 Å². The summed E-state index contributed by atoms with van der Waals surface area (Å²) in [5.74, 6) is 0.909. The summed E-state index contributed by atoms with van der Waals surface area (Å²) in [4.78, 5) is 15.9. The first-order chi connectivity index (χ1) is 12.6. The molecular formula is C21H21ClN2O2. The molecule has 4 nitrogen and oxygen atoms in total. The fraction of sp³-hybridized carbons (Fsp3) is 0.286. The lowest BCUT2D eigenvalue weighted by molar-refractivity contribution is -0.121. The van der Waals surface area contributed by atoms with Crippen LogP contribution in [0, 0.1) is 0 Å². The maximum absolute atomic E-state index is 12.4. The summed E-state index contributed by atoms with van der Waals surface area (Å²) < 4.78 is 5.36. The number of ether oxygens (including phenoxy) is 1. The molecule has 1 unspecified atom stereocenters. The summed E-state index contributed by atoms with van der Waals surface area (Å²) in [6.45, 7) is 0. The van der Waals surface area contributed by atoms with E-state index < -0.39 is 0 Å². The van der Waals surface area contributed by atoms with Crippen LogP contribution in [0.1, 0.15) is 23.2 Å². The van der Waals surface area contributed by atoms with Crippen LogP contribution < -0.4 is 10.1 Å². The minimum atomic E-state index is 0.0539. The highest BCUT2D eigenvalue weighted by atomic mass is 35.5. The number of carbonyl (C=O) groups excluding carboxylic acids is 1. The molecule has 1 aliphatic carbocycles. The Bertz CT molecular complexity index is 947. The summed E-state index contributed by atoms with van der Waals surface area (Å²) in [7, 11) is 1.68. The molecule has 3 aromatic rings. The van der Waals surface area contributed by atoms with E-state index in [0.29, 0.717) is 11.4 Å². The lowest BCUT2D eigenvalue weighted by Gasteiger charge is -2.23. The third kappa shape index (κ3) is 3.42. The van der Waals surface area contributed by atoms with Crippen molar-refractivity contribution in [3.63, 3.8) is 0 Å². The number of aryl methyl sites for hydroxylation is 1. The van der Waals surface area contributed by atoms with Crippen LogP contribution in [-0.4, -0.2) is 24.0 Å². The second kappa shape index (κ2) is 7.04. The largest absolute Gasteiger partial charge is 0.497 e. The van der Waals surface area contributed by atoms with Gasteiger partial charge < -0.3 is 15.0 Å². The van der Waals surface area contributed by atoms with E-state index in [0.717, 1.165) is 36.1 Å². The van der Waals surface area contributed by atoms with Gasteiger partial charge >= 0.3 is 0 Å². The first-order valence-corrected chi connectivity index (χ1v) is 9.21. The topological polar surface area (TPSA) is 54.1 Å². The molecule has 5 heteroatoms. The van der Waals surface area contributed by atoms with E-state index in [-0.39, 0.29) is 11.9 Å². The van der Waals surface area contributed by atoms with Gasteiger partial charge in [0.1, 0.15) is 5.75 Å². The van der Waals surface area contributed by atoms with Crippen molar-refractivity contribution in [2.45, 2.75) is 31.7 Å². The highest BCUT2D eigenvalue weighted by Gasteiger charge is 2.24. The van der Waals surface area contributed by atoms with Crippen LogP contribution in [0.2, 0.25) is 5.02 Å². The Morgan fingerprint density at radius 2 is 2.08 bits per heavy atom. The van der Waals surface area contributed by atoms with E-state index in [1.807, 2.05) is 30.3 Å². The number of rotatable bonds is 4. The van der Waals surface area contributed by atoms with Gasteiger partial charge in [0.05, 0.1) is 13.5 Å². The molecule has 0 aliphatic heterocycles. The molecule has 0 bridgehead atoms. The van der Waals surface area contributed by atoms with Crippen molar-refractivity contribution in [2.24, 2.45) is 0 Å². The Balaban J connectivity index is 1.47. The van der Waals surface area contributed by atoms with Crippen molar-refractivity contribution < 1.29 is 9.53 Å². The number of H-pyrrole nitrogens is 1. The molecular weight excluding hydrogens is 348 g/mol. The van der Waals surface area contributed by atoms with Crippen LogP contribution >= 0.6 is 11.6 Å². The number of aromatic amines is 1. The van der Waals surface area contributed by atoms with E-state index in [9.17, 15) is 4.79 Å². The Labute approximate surface area is 157 Å². The number of nitrogens with one attached hydrogen (secondary N) is 2. The van der Waals surface area contributed by atoms with Crippen LogP contribution in [0.25, 0.3) is 10.9 Å². The van der Waals surface area contributed by atoms with Gasteiger partial charge in [-0.2, -0.15) is 0 Å². The second-order valence-electron chi connectivity index (χ2n) is 6.80. The molecule has 26 heavy (non-hydrogen) atoms. The maximum Gasteiger partial charge on any atom is 0.224 e. The molecule has 0 saturated carbocycles. The maximum atomic E-state index is 12.4. The molecule has 1 aliphatic rings. The van der Waals surface area contributed by atoms with Crippen molar-refractivity contribution in [1.82, 2.24) is 10.3 Å². The predicted octanol–water partition coefficient (Wildman–Crippen LogP) is 4.05. The molecule has 4 rings (SSSR count). The number of carbonyl (C=O) groups is 1. The minimum absolute atomic E-state index is 0.0539. The number of halogens is 1. The fourth-order valence-electron chi connectivity index (χ4n) is 3.71. The molecule has 0 spiro atoms. The van der Waals surface area contributed by atoms with E-state index in [1.54, 1.807) is 7.11 Å². The van der Waals surface area contributed by atoms with E-state index >= 15 is 0 Å². The Morgan fingerprint density at radius 1 is 1.27 bits per heavy atom. The molecule has 0 fully saturated rings. The minimum Gasteiger partial charge on any atom is -0.497 e. The summed E-state index contributed by atoms with van der Waals surface area (Å²) in [6.07, 6.45) is 3.11. The monoisotopic (exact) mass is 368 g/mol. The van der Waals surface area contributed by atoms with Crippen molar-refractivity contribution in [3.8, 4) is 5.75 Å². The number of hydrogen-bond donors (Lipinski definition) is 2. The predicted molar refractivity (Wildman–Crippen MR) is 104 cm³/mol. The zero-order valence-corrected chi connectivity index (χ0v) is 15.4. The van der Waals surface area contributed by atoms with Gasteiger partial charge in [-0.15, -0.1) is 0 Å². The number of aromatic nitrogens is 1. The number of amides is 1. The molecule has 0 saturated heterocycles. The highest BCUT2D eigenvalue weighted by Crippen LogP contribution is 2.31. The van der Waals surface area contributed by atoms with Crippen molar-refractivity contribution in [1.29, 1.82) is 0 Å². The SMILES string of the molecule is COc1ccc2[nH]c3c(c2c1)CC(NC(=O)Cc1ccc(Cl)cc1)CC3. The third-order valence-electron chi connectivity index (χ3n) is 5.04. The van der Waals surface area contributed by atoms with Crippen molar-refractivity contribution >= 4 is 28.4 Å². The molecule has 1 atom stereocenters. The normalized spacial score (nSPS) is 16.3. The smallest absolute Gasteiger partial charge is 0.224 e. The van der Waals surface area contributed by atoms with Gasteiger partial charge in [-0.05, 0) is 60.7 Å². The second-order valence-corrected chi connectivity index (χ2v) is 7.24. The Morgan fingerprint density at radius 3 is 2.85 bits per heavy atom.